The predicted molar refractivity (Wildman–Crippen MR) is 95.4 cm³/mol. The van der Waals surface area contributed by atoms with E-state index in [1.54, 1.807) is 24.9 Å². The number of nitrogens with zero attached hydrogens (tertiary/aromatic N) is 1. The second-order valence-electron chi connectivity index (χ2n) is 5.13. The Labute approximate surface area is 144 Å². The van der Waals surface area contributed by atoms with Crippen molar-refractivity contribution in [2.75, 3.05) is 24.7 Å². The molecule has 0 saturated carbocycles. The lowest BCUT2D eigenvalue weighted by molar-refractivity contribution is 0.214. The quantitative estimate of drug-likeness (QED) is 0.879. The van der Waals surface area contributed by atoms with E-state index in [1.807, 2.05) is 47.4 Å². The molecule has 0 aliphatic carbocycles. The topological polar surface area (TPSA) is 41.6 Å². The molecule has 1 saturated heterocycles. The number of hydrogen-bond donors (Lipinski definition) is 1. The largest absolute Gasteiger partial charge is 0.497 e. The van der Waals surface area contributed by atoms with Gasteiger partial charge in [-0.15, -0.1) is 11.8 Å². The first-order valence-electron chi connectivity index (χ1n) is 7.26. The van der Waals surface area contributed by atoms with Gasteiger partial charge in [-0.3, -0.25) is 0 Å². The molecule has 1 fully saturated rings. The summed E-state index contributed by atoms with van der Waals surface area (Å²) < 4.78 is 5.18. The third-order valence-corrected chi connectivity index (χ3v) is 5.14. The van der Waals surface area contributed by atoms with Crippen molar-refractivity contribution in [1.29, 1.82) is 0 Å². The van der Waals surface area contributed by atoms with E-state index in [0.29, 0.717) is 17.3 Å². The van der Waals surface area contributed by atoms with Crippen molar-refractivity contribution in [3.8, 4) is 5.75 Å². The molecule has 1 aliphatic heterocycles. The molecule has 2 aromatic carbocycles. The van der Waals surface area contributed by atoms with Crippen molar-refractivity contribution in [1.82, 2.24) is 4.90 Å². The average Bonchev–Trinajstić information content (AvgIpc) is 3.05. The first-order valence-corrected chi connectivity index (χ1v) is 8.69. The fraction of sp³-hybridized carbons (Fsp3) is 0.235. The number of rotatable bonds is 3. The van der Waals surface area contributed by atoms with Crippen LogP contribution < -0.4 is 10.1 Å². The molecule has 2 amide bonds. The Bertz CT molecular complexity index is 693. The number of thioether (sulfide) groups is 1. The van der Waals surface area contributed by atoms with Gasteiger partial charge in [0, 0.05) is 29.1 Å². The Balaban J connectivity index is 1.74. The maximum Gasteiger partial charge on any atom is 0.323 e. The highest BCUT2D eigenvalue weighted by atomic mass is 35.5. The van der Waals surface area contributed by atoms with Crippen LogP contribution in [0.5, 0.6) is 5.75 Å². The van der Waals surface area contributed by atoms with Crippen LogP contribution in [0.3, 0.4) is 0 Å². The molecule has 23 heavy (non-hydrogen) atoms. The van der Waals surface area contributed by atoms with Crippen LogP contribution >= 0.6 is 23.4 Å². The lowest BCUT2D eigenvalue weighted by atomic mass is 10.2. The van der Waals surface area contributed by atoms with E-state index in [0.717, 1.165) is 17.0 Å². The highest BCUT2D eigenvalue weighted by Gasteiger charge is 2.30. The summed E-state index contributed by atoms with van der Waals surface area (Å²) in [6.07, 6.45) is 0. The fourth-order valence-electron chi connectivity index (χ4n) is 2.48. The van der Waals surface area contributed by atoms with E-state index in [9.17, 15) is 4.79 Å². The highest BCUT2D eigenvalue weighted by molar-refractivity contribution is 7.99. The van der Waals surface area contributed by atoms with E-state index in [2.05, 4.69) is 5.32 Å². The molecule has 0 aromatic heterocycles. The summed E-state index contributed by atoms with van der Waals surface area (Å²) in [6.45, 7) is 0.716. The molecule has 1 unspecified atom stereocenters. The highest BCUT2D eigenvalue weighted by Crippen LogP contribution is 2.38. The van der Waals surface area contributed by atoms with Gasteiger partial charge >= 0.3 is 6.03 Å². The summed E-state index contributed by atoms with van der Waals surface area (Å²) in [5, 5.41) is 3.65. The lowest BCUT2D eigenvalue weighted by Gasteiger charge is -2.24. The van der Waals surface area contributed by atoms with Crippen molar-refractivity contribution in [3.05, 3.63) is 59.1 Å². The predicted octanol–water partition coefficient (Wildman–Crippen LogP) is 4.63. The molecule has 0 radical (unpaired) electrons. The normalized spacial score (nSPS) is 17.1. The number of amides is 2. The van der Waals surface area contributed by atoms with Crippen LogP contribution in [0.25, 0.3) is 0 Å². The van der Waals surface area contributed by atoms with Gasteiger partial charge in [0.25, 0.3) is 0 Å². The van der Waals surface area contributed by atoms with Crippen molar-refractivity contribution < 1.29 is 9.53 Å². The van der Waals surface area contributed by atoms with E-state index >= 15 is 0 Å². The molecule has 1 aliphatic rings. The molecule has 6 heteroatoms. The number of ether oxygens (including phenoxy) is 1. The number of urea groups is 1. The van der Waals surface area contributed by atoms with Crippen LogP contribution in [0.2, 0.25) is 5.02 Å². The maximum atomic E-state index is 12.6. The summed E-state index contributed by atoms with van der Waals surface area (Å²) in [7, 11) is 1.61. The van der Waals surface area contributed by atoms with E-state index in [4.69, 9.17) is 16.3 Å². The molecule has 0 spiro atoms. The first kappa shape index (κ1) is 16.0. The van der Waals surface area contributed by atoms with Crippen molar-refractivity contribution in [2.24, 2.45) is 0 Å². The van der Waals surface area contributed by atoms with Crippen LogP contribution in [0.1, 0.15) is 10.9 Å². The van der Waals surface area contributed by atoms with Crippen molar-refractivity contribution in [2.45, 2.75) is 5.37 Å². The Hall–Kier alpha value is -1.85. The molecule has 4 nitrogen and oxygen atoms in total. The summed E-state index contributed by atoms with van der Waals surface area (Å²) in [4.78, 5) is 14.4. The molecule has 1 heterocycles. The summed E-state index contributed by atoms with van der Waals surface area (Å²) >= 11 is 7.69. The number of carbonyl (C=O) groups excluding carboxylic acids is 1. The molecular formula is C17H17ClN2O2S. The standard InChI is InChI=1S/C17H17ClN2O2S/c1-22-15-4-2-3-14(11-15)19-17(21)20-9-10-23-16(20)12-5-7-13(18)8-6-12/h2-8,11,16H,9-10H2,1H3,(H,19,21). The Morgan fingerprint density at radius 2 is 2.09 bits per heavy atom. The minimum Gasteiger partial charge on any atom is -0.497 e. The van der Waals surface area contributed by atoms with Gasteiger partial charge in [-0.2, -0.15) is 0 Å². The van der Waals surface area contributed by atoms with E-state index < -0.39 is 0 Å². The second kappa shape index (κ2) is 7.15. The van der Waals surface area contributed by atoms with Gasteiger partial charge in [-0.25, -0.2) is 4.79 Å². The summed E-state index contributed by atoms with van der Waals surface area (Å²) in [5.41, 5.74) is 1.80. The smallest absolute Gasteiger partial charge is 0.323 e. The lowest BCUT2D eigenvalue weighted by Crippen LogP contribution is -2.34. The monoisotopic (exact) mass is 348 g/mol. The van der Waals surface area contributed by atoms with Gasteiger partial charge in [0.2, 0.25) is 0 Å². The number of carbonyl (C=O) groups is 1. The molecule has 3 rings (SSSR count). The summed E-state index contributed by atoms with van der Waals surface area (Å²) in [6, 6.07) is 14.9. The number of methoxy groups -OCH3 is 1. The van der Waals surface area contributed by atoms with Crippen LogP contribution in [-0.4, -0.2) is 30.3 Å². The third-order valence-electron chi connectivity index (χ3n) is 3.63. The summed E-state index contributed by atoms with van der Waals surface area (Å²) in [5.74, 6) is 1.63. The molecule has 2 aromatic rings. The maximum absolute atomic E-state index is 12.6. The number of benzene rings is 2. The van der Waals surface area contributed by atoms with Crippen molar-refractivity contribution >= 4 is 35.1 Å². The van der Waals surface area contributed by atoms with E-state index in [-0.39, 0.29) is 11.4 Å². The number of halogens is 1. The van der Waals surface area contributed by atoms with Gasteiger partial charge in [-0.1, -0.05) is 29.8 Å². The third kappa shape index (κ3) is 3.74. The Kier molecular flexibility index (Phi) is 4.98. The van der Waals surface area contributed by atoms with Gasteiger partial charge in [0.05, 0.1) is 7.11 Å². The number of hydrogen-bond acceptors (Lipinski definition) is 3. The minimum atomic E-state index is -0.108. The molecule has 120 valence electrons. The number of nitrogens with one attached hydrogen (secondary N) is 1. The van der Waals surface area contributed by atoms with Gasteiger partial charge in [0.15, 0.2) is 0 Å². The fourth-order valence-corrected chi connectivity index (χ4v) is 3.86. The SMILES string of the molecule is COc1cccc(NC(=O)N2CCSC2c2ccc(Cl)cc2)c1. The van der Waals surface area contributed by atoms with Crippen LogP contribution in [0.4, 0.5) is 10.5 Å². The van der Waals surface area contributed by atoms with Crippen LogP contribution in [0.15, 0.2) is 48.5 Å². The average molecular weight is 349 g/mol. The zero-order valence-corrected chi connectivity index (χ0v) is 14.2. The van der Waals surface area contributed by atoms with Gasteiger partial charge in [0.1, 0.15) is 11.1 Å². The Morgan fingerprint density at radius 1 is 1.30 bits per heavy atom. The second-order valence-corrected chi connectivity index (χ2v) is 6.75. The van der Waals surface area contributed by atoms with Gasteiger partial charge in [-0.05, 0) is 29.8 Å². The first-order chi connectivity index (χ1) is 11.2. The van der Waals surface area contributed by atoms with Crippen molar-refractivity contribution in [3.63, 3.8) is 0 Å². The van der Waals surface area contributed by atoms with Gasteiger partial charge < -0.3 is 15.0 Å². The zero-order chi connectivity index (χ0) is 16.2. The molecule has 0 bridgehead atoms. The zero-order valence-electron chi connectivity index (χ0n) is 12.7. The van der Waals surface area contributed by atoms with Crippen LogP contribution in [-0.2, 0) is 0 Å². The Morgan fingerprint density at radius 3 is 2.83 bits per heavy atom. The number of anilines is 1. The molecular weight excluding hydrogens is 332 g/mol. The molecule has 1 N–H and O–H groups in total. The minimum absolute atomic E-state index is 0.0119. The van der Waals surface area contributed by atoms with E-state index in [1.165, 1.54) is 0 Å². The molecule has 1 atom stereocenters. The van der Waals surface area contributed by atoms with Crippen LogP contribution in [0, 0.1) is 0 Å².